The molecule has 1 saturated heterocycles. The number of benzene rings is 3. The topological polar surface area (TPSA) is 191 Å². The number of methoxy groups -OCH3 is 1. The zero-order chi connectivity index (χ0) is 35.7. The van der Waals surface area contributed by atoms with Crippen LogP contribution in [0.4, 0.5) is 11.5 Å². The number of carboxylic acids is 2. The summed E-state index contributed by atoms with van der Waals surface area (Å²) in [4.78, 5) is 36.7. The van der Waals surface area contributed by atoms with Gasteiger partial charge in [-0.3, -0.25) is 14.5 Å². The number of rotatable bonds is 16. The van der Waals surface area contributed by atoms with E-state index in [0.717, 1.165) is 72.7 Å². The lowest BCUT2D eigenvalue weighted by atomic mass is 10.1. The van der Waals surface area contributed by atoms with Gasteiger partial charge in [0.05, 0.1) is 38.2 Å². The van der Waals surface area contributed by atoms with Crippen molar-refractivity contribution >= 4 is 40.1 Å². The molecular formula is C36H44N6O8. The number of morpholine rings is 1. The van der Waals surface area contributed by atoms with Gasteiger partial charge < -0.3 is 40.3 Å². The lowest BCUT2D eigenvalue weighted by Gasteiger charge is -2.26. The average molecular weight is 689 g/mol. The fourth-order valence-corrected chi connectivity index (χ4v) is 4.90. The number of fused-ring (bicyclic) bond motifs is 1. The molecule has 4 aromatic rings. The van der Waals surface area contributed by atoms with Gasteiger partial charge in [-0.1, -0.05) is 47.6 Å². The highest BCUT2D eigenvalue weighted by Gasteiger charge is 2.14. The standard InChI is InChI=1S/C31H35N5O4.C5H9NO4/c1-23(35-40-21-24-7-4-3-5-8-24)25-9-11-26(12-10-25)34-31-27-19-30(29(37-2)20-28(27)32-22-33-31)39-16-6-13-36-14-17-38-18-15-36;6-3(5(9)10)1-2-4(7)8/h3-5,7-12,19-20,22H,6,13-18,21H2,1-2H3,(H,32,33,34);3H,1-2,6H2,(H,7,8)(H,9,10)/b35-23-;/t;3-/m.0/s1. The Morgan fingerprint density at radius 1 is 1.04 bits per heavy atom. The predicted octanol–water partition coefficient (Wildman–Crippen LogP) is 4.69. The van der Waals surface area contributed by atoms with Gasteiger partial charge in [-0.25, -0.2) is 9.97 Å². The molecule has 1 atom stereocenters. The Bertz CT molecular complexity index is 1700. The molecule has 0 saturated carbocycles. The molecular weight excluding hydrogens is 644 g/mol. The average Bonchev–Trinajstić information content (AvgIpc) is 3.13. The van der Waals surface area contributed by atoms with Crippen molar-refractivity contribution in [3.63, 3.8) is 0 Å². The van der Waals surface area contributed by atoms with Crippen LogP contribution in [0.3, 0.4) is 0 Å². The van der Waals surface area contributed by atoms with Crippen LogP contribution in [0.5, 0.6) is 11.5 Å². The second-order valence-electron chi connectivity index (χ2n) is 11.4. The summed E-state index contributed by atoms with van der Waals surface area (Å²) in [5, 5.41) is 24.8. The lowest BCUT2D eigenvalue weighted by Crippen LogP contribution is -2.37. The van der Waals surface area contributed by atoms with Crippen LogP contribution in [0.15, 0.2) is 78.2 Å². The molecule has 0 aliphatic carbocycles. The molecule has 266 valence electrons. The quantitative estimate of drug-likeness (QED) is 0.0721. The fraction of sp³-hybridized carbons (Fsp3) is 0.361. The van der Waals surface area contributed by atoms with E-state index in [1.165, 1.54) is 0 Å². The Morgan fingerprint density at radius 2 is 1.78 bits per heavy atom. The molecule has 0 radical (unpaired) electrons. The highest BCUT2D eigenvalue weighted by molar-refractivity contribution is 5.99. The molecule has 1 fully saturated rings. The van der Waals surface area contributed by atoms with Crippen LogP contribution >= 0.6 is 0 Å². The summed E-state index contributed by atoms with van der Waals surface area (Å²) >= 11 is 0. The highest BCUT2D eigenvalue weighted by Crippen LogP contribution is 2.35. The summed E-state index contributed by atoms with van der Waals surface area (Å²) in [7, 11) is 1.64. The van der Waals surface area contributed by atoms with E-state index in [4.69, 9.17) is 35.0 Å². The van der Waals surface area contributed by atoms with E-state index >= 15 is 0 Å². The first-order valence-corrected chi connectivity index (χ1v) is 16.3. The van der Waals surface area contributed by atoms with Crippen molar-refractivity contribution in [3.05, 3.63) is 84.2 Å². The van der Waals surface area contributed by atoms with Gasteiger partial charge in [-0.05, 0) is 49.1 Å². The van der Waals surface area contributed by atoms with Crippen molar-refractivity contribution in [1.29, 1.82) is 0 Å². The number of aliphatic carboxylic acids is 2. The third-order valence-electron chi connectivity index (χ3n) is 7.73. The van der Waals surface area contributed by atoms with Gasteiger partial charge in [0.2, 0.25) is 0 Å². The number of hydrogen-bond donors (Lipinski definition) is 4. The molecule has 1 aromatic heterocycles. The van der Waals surface area contributed by atoms with Crippen molar-refractivity contribution in [2.45, 2.75) is 38.8 Å². The summed E-state index contributed by atoms with van der Waals surface area (Å²) < 4.78 is 17.2. The van der Waals surface area contributed by atoms with Crippen molar-refractivity contribution in [1.82, 2.24) is 14.9 Å². The maximum Gasteiger partial charge on any atom is 0.320 e. The molecule has 50 heavy (non-hydrogen) atoms. The molecule has 1 aliphatic heterocycles. The van der Waals surface area contributed by atoms with Crippen LogP contribution in [0.1, 0.15) is 37.3 Å². The summed E-state index contributed by atoms with van der Waals surface area (Å²) in [5.41, 5.74) is 9.52. The van der Waals surface area contributed by atoms with Gasteiger partial charge in [-0.15, -0.1) is 0 Å². The Kier molecular flexibility index (Phi) is 14.7. The monoisotopic (exact) mass is 688 g/mol. The largest absolute Gasteiger partial charge is 0.493 e. The van der Waals surface area contributed by atoms with Crippen molar-refractivity contribution in [2.24, 2.45) is 10.9 Å². The number of carboxylic acid groups (broad SMARTS) is 2. The van der Waals surface area contributed by atoms with Crippen LogP contribution in [-0.4, -0.2) is 95.3 Å². The zero-order valence-electron chi connectivity index (χ0n) is 28.3. The number of nitrogens with two attached hydrogens (primary N) is 1. The van der Waals surface area contributed by atoms with Crippen LogP contribution in [0.2, 0.25) is 0 Å². The minimum absolute atomic E-state index is 0.0231. The molecule has 3 aromatic carbocycles. The summed E-state index contributed by atoms with van der Waals surface area (Å²) in [6.07, 6.45) is 2.24. The summed E-state index contributed by atoms with van der Waals surface area (Å²) in [6, 6.07) is 20.7. The first-order chi connectivity index (χ1) is 24.2. The maximum absolute atomic E-state index is 9.99. The molecule has 0 spiro atoms. The molecule has 5 rings (SSSR count). The second-order valence-corrected chi connectivity index (χ2v) is 11.4. The molecule has 2 heterocycles. The number of carbonyl (C=O) groups is 2. The Labute approximate surface area is 290 Å². The predicted molar refractivity (Wildman–Crippen MR) is 189 cm³/mol. The Hall–Kier alpha value is -5.31. The van der Waals surface area contributed by atoms with E-state index in [0.29, 0.717) is 30.5 Å². The normalized spacial score (nSPS) is 13.9. The van der Waals surface area contributed by atoms with Crippen LogP contribution < -0.4 is 20.5 Å². The van der Waals surface area contributed by atoms with Gasteiger partial charge in [0, 0.05) is 43.2 Å². The molecule has 14 heteroatoms. The lowest BCUT2D eigenvalue weighted by molar-refractivity contribution is -0.139. The van der Waals surface area contributed by atoms with Crippen LogP contribution in [0.25, 0.3) is 10.9 Å². The van der Waals surface area contributed by atoms with E-state index in [1.54, 1.807) is 13.4 Å². The number of aromatic nitrogens is 2. The van der Waals surface area contributed by atoms with Crippen LogP contribution in [-0.2, 0) is 25.8 Å². The van der Waals surface area contributed by atoms with E-state index in [9.17, 15) is 9.59 Å². The minimum atomic E-state index is -1.17. The number of anilines is 2. The van der Waals surface area contributed by atoms with E-state index in [-0.39, 0.29) is 12.8 Å². The SMILES string of the molecule is COc1cc2ncnc(Nc3ccc(/C(C)=N\OCc4ccccc4)cc3)c2cc1OCCCN1CCOCC1.N[C@@H](CCC(=O)O)C(=O)O. The molecule has 0 amide bonds. The number of ether oxygens (including phenoxy) is 3. The number of nitrogens with one attached hydrogen (secondary N) is 1. The van der Waals surface area contributed by atoms with Gasteiger partial charge >= 0.3 is 11.9 Å². The first kappa shape index (κ1) is 37.5. The first-order valence-electron chi connectivity index (χ1n) is 16.3. The third-order valence-corrected chi connectivity index (χ3v) is 7.73. The van der Waals surface area contributed by atoms with Crippen molar-refractivity contribution < 1.29 is 38.9 Å². The van der Waals surface area contributed by atoms with Gasteiger partial charge in [-0.2, -0.15) is 0 Å². The third kappa shape index (κ3) is 12.0. The van der Waals surface area contributed by atoms with E-state index in [2.05, 4.69) is 25.3 Å². The molecule has 1 aliphatic rings. The Morgan fingerprint density at radius 3 is 2.46 bits per heavy atom. The molecule has 14 nitrogen and oxygen atoms in total. The smallest absolute Gasteiger partial charge is 0.320 e. The molecule has 5 N–H and O–H groups in total. The Balaban J connectivity index is 0.000000490. The fourth-order valence-electron chi connectivity index (χ4n) is 4.90. The van der Waals surface area contributed by atoms with Gasteiger partial charge in [0.25, 0.3) is 0 Å². The molecule has 0 unspecified atom stereocenters. The van der Waals surface area contributed by atoms with Gasteiger partial charge in [0.1, 0.15) is 24.8 Å². The van der Waals surface area contributed by atoms with Crippen LogP contribution in [0, 0.1) is 0 Å². The highest BCUT2D eigenvalue weighted by atomic mass is 16.6. The number of oxime groups is 1. The summed E-state index contributed by atoms with van der Waals surface area (Å²) in [5.74, 6) is -0.183. The van der Waals surface area contributed by atoms with Crippen molar-refractivity contribution in [2.75, 3.05) is 51.9 Å². The van der Waals surface area contributed by atoms with Crippen molar-refractivity contribution in [3.8, 4) is 11.5 Å². The number of hydrogen-bond acceptors (Lipinski definition) is 12. The van der Waals surface area contributed by atoms with Gasteiger partial charge in [0.15, 0.2) is 11.5 Å². The zero-order valence-corrected chi connectivity index (χ0v) is 28.3. The maximum atomic E-state index is 9.99. The number of nitrogens with zero attached hydrogens (tertiary/aromatic N) is 4. The molecule has 0 bridgehead atoms. The van der Waals surface area contributed by atoms with E-state index in [1.807, 2.05) is 73.7 Å². The van der Waals surface area contributed by atoms with E-state index < -0.39 is 18.0 Å². The summed E-state index contributed by atoms with van der Waals surface area (Å²) in [6.45, 7) is 7.48. The minimum Gasteiger partial charge on any atom is -0.493 e. The second kappa shape index (κ2) is 19.6.